The summed E-state index contributed by atoms with van der Waals surface area (Å²) in [5.74, 6) is 0. The molecule has 0 saturated carbocycles. The Morgan fingerprint density at radius 1 is 0.548 bits per heavy atom. The van der Waals surface area contributed by atoms with Gasteiger partial charge in [-0.3, -0.25) is 10.1 Å². The highest BCUT2D eigenvalue weighted by atomic mass is 31.3. The molecule has 5 aromatic carbocycles. The number of nitrogens with zero attached hydrogens (tertiary/aromatic N) is 4. The number of benzene rings is 5. The SMILES string of the molecule is CP1(C(C[N+](=O)[O-])c2ccccc2)=NP(c2ccccc2)(c2ccccc2)=NP(c2ccccc2)(c2ccccc2)=N1. The van der Waals surface area contributed by atoms with E-state index < -0.39 is 27.3 Å². The van der Waals surface area contributed by atoms with E-state index in [9.17, 15) is 10.1 Å². The van der Waals surface area contributed by atoms with Crippen LogP contribution in [0, 0.1) is 10.1 Å². The van der Waals surface area contributed by atoms with Crippen LogP contribution in [0.4, 0.5) is 0 Å². The fraction of sp³-hybridized carbons (Fsp3) is 0.0909. The number of hydrogen-bond acceptors (Lipinski definition) is 5. The van der Waals surface area contributed by atoms with Gasteiger partial charge in [-0.1, -0.05) is 152 Å². The van der Waals surface area contributed by atoms with E-state index in [1.807, 2.05) is 103 Å². The lowest BCUT2D eigenvalue weighted by Gasteiger charge is -2.38. The molecule has 5 aromatic rings. The monoisotopic (exact) mass is 608 g/mol. The molecule has 1 aliphatic rings. The highest BCUT2D eigenvalue weighted by Gasteiger charge is 2.43. The van der Waals surface area contributed by atoms with Crippen LogP contribution in [0.25, 0.3) is 0 Å². The normalized spacial score (nSPS) is 19.4. The zero-order valence-electron chi connectivity index (χ0n) is 23.2. The van der Waals surface area contributed by atoms with Crippen LogP contribution in [-0.2, 0) is 0 Å². The quantitative estimate of drug-likeness (QED) is 0.101. The summed E-state index contributed by atoms with van der Waals surface area (Å²) in [6.07, 6.45) is 0. The van der Waals surface area contributed by atoms with Crippen molar-refractivity contribution in [3.63, 3.8) is 0 Å². The summed E-state index contributed by atoms with van der Waals surface area (Å²) in [5, 5.41) is 16.4. The molecule has 6 nitrogen and oxygen atoms in total. The molecule has 6 rings (SSSR count). The van der Waals surface area contributed by atoms with Crippen molar-refractivity contribution < 1.29 is 4.92 Å². The zero-order chi connectivity index (χ0) is 29.0. The van der Waals surface area contributed by atoms with Crippen molar-refractivity contribution in [3.05, 3.63) is 167 Å². The third kappa shape index (κ3) is 5.27. The van der Waals surface area contributed by atoms with Gasteiger partial charge in [-0.2, -0.15) is 0 Å². The summed E-state index contributed by atoms with van der Waals surface area (Å²) in [4.78, 5) is 12.1. The predicted octanol–water partition coefficient (Wildman–Crippen LogP) is 8.30. The lowest BCUT2D eigenvalue weighted by molar-refractivity contribution is -0.480. The first-order valence-corrected chi connectivity index (χ1v) is 19.3. The molecule has 210 valence electrons. The van der Waals surface area contributed by atoms with E-state index in [1.54, 1.807) is 0 Å². The molecule has 2 unspecified atom stereocenters. The van der Waals surface area contributed by atoms with Crippen LogP contribution in [0.15, 0.2) is 165 Å². The van der Waals surface area contributed by atoms with Crippen molar-refractivity contribution in [3.8, 4) is 0 Å². The Hall–Kier alpha value is -3.81. The van der Waals surface area contributed by atoms with Gasteiger partial charge in [0.15, 0.2) is 0 Å². The minimum atomic E-state index is -2.85. The molecular weight excluding hydrogens is 577 g/mol. The summed E-state index contributed by atoms with van der Waals surface area (Å²) in [6.45, 7) is 1.83. The second kappa shape index (κ2) is 11.8. The molecule has 42 heavy (non-hydrogen) atoms. The molecule has 0 fully saturated rings. The van der Waals surface area contributed by atoms with Crippen molar-refractivity contribution in [2.24, 2.45) is 13.5 Å². The smallest absolute Gasteiger partial charge is 0.217 e. The summed E-state index contributed by atoms with van der Waals surface area (Å²) >= 11 is 0. The first-order valence-electron chi connectivity index (χ1n) is 13.7. The topological polar surface area (TPSA) is 80.2 Å². The molecule has 0 spiro atoms. The lowest BCUT2D eigenvalue weighted by atomic mass is 10.1. The van der Waals surface area contributed by atoms with Crippen LogP contribution >= 0.6 is 21.6 Å². The van der Waals surface area contributed by atoms with E-state index in [0.29, 0.717) is 0 Å². The minimum Gasteiger partial charge on any atom is -0.265 e. The molecule has 0 bridgehead atoms. The molecule has 0 radical (unpaired) electrons. The van der Waals surface area contributed by atoms with Gasteiger partial charge >= 0.3 is 0 Å². The van der Waals surface area contributed by atoms with E-state index >= 15 is 0 Å². The van der Waals surface area contributed by atoms with Crippen LogP contribution in [0.5, 0.6) is 0 Å². The van der Waals surface area contributed by atoms with Gasteiger partial charge in [-0.05, 0) is 12.2 Å². The maximum Gasteiger partial charge on any atom is 0.217 e. The molecular formula is C33H31N4O2P3. The van der Waals surface area contributed by atoms with Gasteiger partial charge in [0, 0.05) is 26.1 Å². The maximum atomic E-state index is 12.3. The third-order valence-electron chi connectivity index (χ3n) is 7.44. The Morgan fingerprint density at radius 2 is 0.881 bits per heavy atom. The third-order valence-corrected chi connectivity index (χ3v) is 20.2. The molecule has 1 heterocycles. The van der Waals surface area contributed by atoms with Gasteiger partial charge in [0.1, 0.15) is 20.1 Å². The zero-order valence-corrected chi connectivity index (χ0v) is 25.8. The Bertz CT molecular complexity index is 1700. The van der Waals surface area contributed by atoms with Gasteiger partial charge in [0.2, 0.25) is 6.54 Å². The van der Waals surface area contributed by atoms with Crippen molar-refractivity contribution >= 4 is 42.8 Å². The minimum absolute atomic E-state index is 0.212. The van der Waals surface area contributed by atoms with Gasteiger partial charge in [0.25, 0.3) is 0 Å². The van der Waals surface area contributed by atoms with Gasteiger partial charge in [-0.15, -0.1) is 0 Å². The maximum absolute atomic E-state index is 12.3. The Kier molecular flexibility index (Phi) is 7.97. The molecule has 1 aliphatic heterocycles. The summed E-state index contributed by atoms with van der Waals surface area (Å²) in [5.41, 5.74) is 0.390. The van der Waals surface area contributed by atoms with Crippen LogP contribution < -0.4 is 21.2 Å². The Balaban J connectivity index is 1.85. The van der Waals surface area contributed by atoms with Crippen molar-refractivity contribution in [2.75, 3.05) is 13.2 Å². The summed E-state index contributed by atoms with van der Waals surface area (Å²) in [6, 6.07) is 50.9. The highest BCUT2D eigenvalue weighted by molar-refractivity contribution is 7.97. The van der Waals surface area contributed by atoms with Crippen LogP contribution in [0.3, 0.4) is 0 Å². The second-order valence-corrected chi connectivity index (χ2v) is 19.4. The number of rotatable bonds is 8. The molecule has 0 aromatic heterocycles. The molecule has 0 aliphatic carbocycles. The summed E-state index contributed by atoms with van der Waals surface area (Å²) in [7, 11) is -8.55. The molecule has 9 heteroatoms. The summed E-state index contributed by atoms with van der Waals surface area (Å²) < 4.78 is 17.5. The average Bonchev–Trinajstić information content (AvgIpc) is 3.05. The van der Waals surface area contributed by atoms with Crippen molar-refractivity contribution in [1.29, 1.82) is 0 Å². The van der Waals surface area contributed by atoms with E-state index in [1.165, 1.54) is 0 Å². The van der Waals surface area contributed by atoms with Crippen LogP contribution in [0.1, 0.15) is 11.2 Å². The first kappa shape index (κ1) is 28.3. The number of nitro groups is 1. The van der Waals surface area contributed by atoms with Gasteiger partial charge in [-0.25, -0.2) is 13.5 Å². The largest absolute Gasteiger partial charge is 0.265 e. The predicted molar refractivity (Wildman–Crippen MR) is 179 cm³/mol. The van der Waals surface area contributed by atoms with Crippen molar-refractivity contribution in [1.82, 2.24) is 0 Å². The van der Waals surface area contributed by atoms with E-state index in [0.717, 1.165) is 26.8 Å². The van der Waals surface area contributed by atoms with Gasteiger partial charge in [0.05, 0.1) is 7.21 Å². The van der Waals surface area contributed by atoms with Crippen molar-refractivity contribution in [2.45, 2.75) is 5.66 Å². The highest BCUT2D eigenvalue weighted by Crippen LogP contribution is 2.79. The van der Waals surface area contributed by atoms with E-state index in [-0.39, 0.29) is 11.5 Å². The van der Waals surface area contributed by atoms with Crippen LogP contribution in [0.2, 0.25) is 0 Å². The Labute approximate surface area is 247 Å². The standard InChI is InChI=1S/C33H31N4O2P3/c1-40(33(27-37(38)39)28-17-7-2-8-18-28)34-41(29-19-9-3-10-20-29,30-21-11-4-12-22-30)36-42(35-40,31-23-13-5-14-24-31)32-25-15-6-16-26-32/h2-26,33H,27H2,1H3. The van der Waals surface area contributed by atoms with E-state index in [4.69, 9.17) is 13.5 Å². The molecule has 0 amide bonds. The van der Waals surface area contributed by atoms with Gasteiger partial charge < -0.3 is 0 Å². The molecule has 2 atom stereocenters. The van der Waals surface area contributed by atoms with Crippen LogP contribution in [-0.4, -0.2) is 18.1 Å². The van der Waals surface area contributed by atoms with E-state index in [2.05, 4.69) is 55.2 Å². The first-order chi connectivity index (χ1) is 20.5. The Morgan fingerprint density at radius 3 is 1.24 bits per heavy atom. The molecule has 0 saturated heterocycles. The number of hydrogen-bond donors (Lipinski definition) is 0. The molecule has 0 N–H and O–H groups in total. The fourth-order valence-electron chi connectivity index (χ4n) is 5.50. The fourth-order valence-corrected chi connectivity index (χ4v) is 21.0. The lowest BCUT2D eigenvalue weighted by Crippen LogP contribution is -2.22. The average molecular weight is 609 g/mol. The second-order valence-electron chi connectivity index (χ2n) is 10.2.